The third-order valence-corrected chi connectivity index (χ3v) is 6.75. The van der Waals surface area contributed by atoms with E-state index in [0.717, 1.165) is 39.5 Å². The van der Waals surface area contributed by atoms with Crippen LogP contribution >= 0.6 is 34.4 Å². The van der Waals surface area contributed by atoms with Gasteiger partial charge in [-0.1, -0.05) is 42.1 Å². The van der Waals surface area contributed by atoms with E-state index in [2.05, 4.69) is 57.6 Å². The molecule has 0 amide bonds. The molecule has 3 heterocycles. The van der Waals surface area contributed by atoms with E-state index < -0.39 is 0 Å². The Morgan fingerprint density at radius 1 is 1.04 bits per heavy atom. The van der Waals surface area contributed by atoms with Gasteiger partial charge in [-0.25, -0.2) is 4.98 Å². The maximum Gasteiger partial charge on any atom is 0.191 e. The number of hydrogen-bond donors (Lipinski definition) is 0. The molecule has 0 aliphatic rings. The first-order valence-corrected chi connectivity index (χ1v) is 11.1. The zero-order chi connectivity index (χ0) is 17.9. The van der Waals surface area contributed by atoms with Crippen molar-refractivity contribution in [3.63, 3.8) is 0 Å². The largest absolute Gasteiger partial charge is 0.302 e. The molecule has 0 bridgehead atoms. The summed E-state index contributed by atoms with van der Waals surface area (Å²) in [5, 5.41) is 15.1. The lowest BCUT2D eigenvalue weighted by Crippen LogP contribution is -1.99. The van der Waals surface area contributed by atoms with Crippen LogP contribution in [0.15, 0.2) is 52.3 Å². The first-order chi connectivity index (χ1) is 12.7. The van der Waals surface area contributed by atoms with Gasteiger partial charge in [-0.05, 0) is 19.9 Å². The highest BCUT2D eigenvalue weighted by atomic mass is 32.2. The van der Waals surface area contributed by atoms with Crippen LogP contribution in [0.5, 0.6) is 0 Å². The zero-order valence-corrected chi connectivity index (χ0v) is 17.0. The number of nitrogens with zero attached hydrogens (tertiary/aromatic N) is 4. The number of benzene rings is 1. The molecule has 4 rings (SSSR count). The second kappa shape index (κ2) is 7.73. The molecular weight excluding hydrogens is 380 g/mol. The molecule has 1 aromatic carbocycles. The molecule has 0 radical (unpaired) electrons. The van der Waals surface area contributed by atoms with Crippen LogP contribution in [0, 0.1) is 6.92 Å². The van der Waals surface area contributed by atoms with Gasteiger partial charge < -0.3 is 4.57 Å². The molecule has 7 heteroatoms. The molecule has 3 aromatic heterocycles. The summed E-state index contributed by atoms with van der Waals surface area (Å²) in [6.07, 6.45) is 0. The monoisotopic (exact) mass is 398 g/mol. The molecule has 0 N–H and O–H groups in total. The lowest BCUT2D eigenvalue weighted by molar-refractivity contribution is 0.687. The van der Waals surface area contributed by atoms with Gasteiger partial charge in [0.05, 0.1) is 5.69 Å². The minimum Gasteiger partial charge on any atom is -0.302 e. The van der Waals surface area contributed by atoms with Crippen LogP contribution in [-0.4, -0.2) is 19.7 Å². The summed E-state index contributed by atoms with van der Waals surface area (Å²) in [7, 11) is 0. The van der Waals surface area contributed by atoms with Gasteiger partial charge in [0.15, 0.2) is 11.0 Å². The lowest BCUT2D eigenvalue weighted by Gasteiger charge is -2.05. The van der Waals surface area contributed by atoms with Gasteiger partial charge in [0, 0.05) is 39.1 Å². The number of thiazole rings is 1. The normalized spacial score (nSPS) is 11.2. The highest BCUT2D eigenvalue weighted by Gasteiger charge is 2.15. The third-order valence-electron chi connectivity index (χ3n) is 3.94. The number of aromatic nitrogens is 4. The first-order valence-electron chi connectivity index (χ1n) is 8.36. The molecule has 0 unspecified atom stereocenters. The number of aryl methyl sites for hydroxylation is 1. The maximum atomic E-state index is 4.76. The Morgan fingerprint density at radius 3 is 2.62 bits per heavy atom. The highest BCUT2D eigenvalue weighted by molar-refractivity contribution is 7.98. The molecule has 4 aromatic rings. The Morgan fingerprint density at radius 2 is 1.88 bits per heavy atom. The van der Waals surface area contributed by atoms with Crippen molar-refractivity contribution in [3.8, 4) is 22.0 Å². The summed E-state index contributed by atoms with van der Waals surface area (Å²) < 4.78 is 2.18. The van der Waals surface area contributed by atoms with Crippen LogP contribution in [0.3, 0.4) is 0 Å². The number of thioether (sulfide) groups is 1. The SMILES string of the molecule is CCn1c(SCc2csc(-c3ccccc3)n2)nnc1-c1csc(C)c1. The lowest BCUT2D eigenvalue weighted by atomic mass is 10.2. The van der Waals surface area contributed by atoms with Crippen LogP contribution in [0.2, 0.25) is 0 Å². The molecular formula is C19H18N4S3. The minimum atomic E-state index is 0.796. The fourth-order valence-electron chi connectivity index (χ4n) is 2.68. The van der Waals surface area contributed by atoms with E-state index in [4.69, 9.17) is 4.98 Å². The van der Waals surface area contributed by atoms with E-state index in [0.29, 0.717) is 0 Å². The van der Waals surface area contributed by atoms with Crippen molar-refractivity contribution >= 4 is 34.4 Å². The van der Waals surface area contributed by atoms with E-state index in [-0.39, 0.29) is 0 Å². The Hall–Kier alpha value is -1.96. The molecule has 132 valence electrons. The van der Waals surface area contributed by atoms with E-state index in [1.165, 1.54) is 10.4 Å². The number of hydrogen-bond acceptors (Lipinski definition) is 6. The first kappa shape index (κ1) is 17.5. The second-order valence-electron chi connectivity index (χ2n) is 5.80. The molecule has 0 atom stereocenters. The van der Waals surface area contributed by atoms with Gasteiger partial charge in [0.2, 0.25) is 0 Å². The Labute approximate surface area is 165 Å². The van der Waals surface area contributed by atoms with Gasteiger partial charge in [-0.15, -0.1) is 32.9 Å². The number of rotatable bonds is 6. The van der Waals surface area contributed by atoms with Gasteiger partial charge >= 0.3 is 0 Å². The molecule has 0 aliphatic carbocycles. The Balaban J connectivity index is 1.50. The van der Waals surface area contributed by atoms with Crippen molar-refractivity contribution in [3.05, 3.63) is 57.7 Å². The Kier molecular flexibility index (Phi) is 5.19. The summed E-state index contributed by atoms with van der Waals surface area (Å²) in [5.74, 6) is 1.74. The fourth-order valence-corrected chi connectivity index (χ4v) is 5.19. The van der Waals surface area contributed by atoms with Crippen molar-refractivity contribution < 1.29 is 0 Å². The summed E-state index contributed by atoms with van der Waals surface area (Å²) in [4.78, 5) is 6.05. The fraction of sp³-hybridized carbons (Fsp3) is 0.211. The molecule has 0 saturated carbocycles. The topological polar surface area (TPSA) is 43.6 Å². The predicted molar refractivity (Wildman–Crippen MR) is 111 cm³/mol. The average Bonchev–Trinajstić information content (AvgIpc) is 3.39. The van der Waals surface area contributed by atoms with Crippen LogP contribution in [0.25, 0.3) is 22.0 Å². The van der Waals surface area contributed by atoms with Gasteiger partial charge in [-0.3, -0.25) is 0 Å². The van der Waals surface area contributed by atoms with E-state index in [9.17, 15) is 0 Å². The second-order valence-corrected chi connectivity index (χ2v) is 8.71. The van der Waals surface area contributed by atoms with Crippen LogP contribution < -0.4 is 0 Å². The zero-order valence-electron chi connectivity index (χ0n) is 14.5. The van der Waals surface area contributed by atoms with Crippen molar-refractivity contribution in [1.29, 1.82) is 0 Å². The summed E-state index contributed by atoms with van der Waals surface area (Å²) in [6.45, 7) is 5.10. The molecule has 26 heavy (non-hydrogen) atoms. The van der Waals surface area contributed by atoms with Gasteiger partial charge in [0.25, 0.3) is 0 Å². The molecule has 0 aliphatic heterocycles. The van der Waals surface area contributed by atoms with E-state index >= 15 is 0 Å². The summed E-state index contributed by atoms with van der Waals surface area (Å²) >= 11 is 5.12. The van der Waals surface area contributed by atoms with Gasteiger partial charge in [0.1, 0.15) is 5.01 Å². The quantitative estimate of drug-likeness (QED) is 0.388. The molecule has 0 spiro atoms. The minimum absolute atomic E-state index is 0.796. The van der Waals surface area contributed by atoms with Crippen molar-refractivity contribution in [1.82, 2.24) is 19.7 Å². The molecule has 0 saturated heterocycles. The van der Waals surface area contributed by atoms with Crippen LogP contribution in [-0.2, 0) is 12.3 Å². The van der Waals surface area contributed by atoms with Crippen molar-refractivity contribution in [2.45, 2.75) is 31.3 Å². The highest BCUT2D eigenvalue weighted by Crippen LogP contribution is 2.30. The van der Waals surface area contributed by atoms with Crippen molar-refractivity contribution in [2.24, 2.45) is 0 Å². The molecule has 0 fully saturated rings. The maximum absolute atomic E-state index is 4.76. The van der Waals surface area contributed by atoms with E-state index in [1.54, 1.807) is 34.4 Å². The Bertz CT molecular complexity index is 1000. The standard InChI is InChI=1S/C19H18N4S3/c1-3-23-17(15-9-13(2)24-10-15)21-22-19(23)26-12-16-11-25-18(20-16)14-7-5-4-6-8-14/h4-11H,3,12H2,1-2H3. The van der Waals surface area contributed by atoms with Gasteiger partial charge in [-0.2, -0.15) is 0 Å². The number of thiophene rings is 1. The summed E-state index contributed by atoms with van der Waals surface area (Å²) in [6, 6.07) is 12.5. The van der Waals surface area contributed by atoms with Crippen LogP contribution in [0.4, 0.5) is 0 Å². The van der Waals surface area contributed by atoms with E-state index in [1.807, 2.05) is 18.2 Å². The molecule has 4 nitrogen and oxygen atoms in total. The summed E-state index contributed by atoms with van der Waals surface area (Å²) in [5.41, 5.74) is 3.40. The third kappa shape index (κ3) is 3.60. The predicted octanol–water partition coefficient (Wildman–Crippen LogP) is 5.75. The average molecular weight is 399 g/mol. The van der Waals surface area contributed by atoms with Crippen LogP contribution in [0.1, 0.15) is 17.5 Å². The van der Waals surface area contributed by atoms with Crippen molar-refractivity contribution in [2.75, 3.05) is 0 Å². The smallest absolute Gasteiger partial charge is 0.191 e.